The summed E-state index contributed by atoms with van der Waals surface area (Å²) in [5.41, 5.74) is 2.67. The molecular formula is C20H25ClFN3. The van der Waals surface area contributed by atoms with E-state index in [-0.39, 0.29) is 24.3 Å². The Morgan fingerprint density at radius 3 is 2.84 bits per heavy atom. The molecular weight excluding hydrogens is 337 g/mol. The third-order valence-corrected chi connectivity index (χ3v) is 4.66. The number of allylic oxidation sites excluding steroid dienone is 5. The lowest BCUT2D eigenvalue weighted by atomic mass is 9.89. The van der Waals surface area contributed by atoms with Crippen molar-refractivity contribution in [3.8, 4) is 0 Å². The SMILES string of the molecule is C=NC1CC(F)=C(CC(CC)N2N=C(Cl)C=C/C2=C/C)C=C1/C=C\C. The molecule has 2 aliphatic rings. The van der Waals surface area contributed by atoms with E-state index in [1.165, 1.54) is 0 Å². The highest BCUT2D eigenvalue weighted by Crippen LogP contribution is 2.33. The van der Waals surface area contributed by atoms with Crippen LogP contribution in [0, 0.1) is 0 Å². The molecule has 0 radical (unpaired) electrons. The van der Waals surface area contributed by atoms with Crippen LogP contribution in [0.25, 0.3) is 0 Å². The van der Waals surface area contributed by atoms with Gasteiger partial charge in [0, 0.05) is 6.42 Å². The zero-order valence-corrected chi connectivity index (χ0v) is 15.8. The molecule has 1 aliphatic heterocycles. The number of hydrogen-bond donors (Lipinski definition) is 0. The summed E-state index contributed by atoms with van der Waals surface area (Å²) in [5.74, 6) is -0.117. The fourth-order valence-corrected chi connectivity index (χ4v) is 3.23. The van der Waals surface area contributed by atoms with Crippen LogP contribution >= 0.6 is 11.6 Å². The minimum atomic E-state index is -0.212. The number of halogens is 2. The maximum atomic E-state index is 14.6. The van der Waals surface area contributed by atoms with Crippen LogP contribution < -0.4 is 0 Å². The summed E-state index contributed by atoms with van der Waals surface area (Å²) in [5, 5.41) is 6.76. The normalized spacial score (nSPS) is 24.0. The zero-order valence-electron chi connectivity index (χ0n) is 15.0. The number of rotatable bonds is 6. The topological polar surface area (TPSA) is 28.0 Å². The predicted molar refractivity (Wildman–Crippen MR) is 106 cm³/mol. The van der Waals surface area contributed by atoms with Crippen LogP contribution in [0.2, 0.25) is 0 Å². The fourth-order valence-electron chi connectivity index (χ4n) is 3.09. The molecule has 0 spiro atoms. The third kappa shape index (κ3) is 4.57. The molecule has 1 heterocycles. The Bertz CT molecular complexity index is 698. The summed E-state index contributed by atoms with van der Waals surface area (Å²) in [6.07, 6.45) is 13.2. The minimum Gasteiger partial charge on any atom is -0.292 e. The Morgan fingerprint density at radius 2 is 2.24 bits per heavy atom. The van der Waals surface area contributed by atoms with E-state index in [9.17, 15) is 4.39 Å². The van der Waals surface area contributed by atoms with E-state index in [2.05, 4.69) is 23.7 Å². The number of hydrazone groups is 1. The van der Waals surface area contributed by atoms with Gasteiger partial charge in [-0.25, -0.2) is 4.39 Å². The van der Waals surface area contributed by atoms with Gasteiger partial charge in [-0.3, -0.25) is 10.0 Å². The average Bonchev–Trinajstić information content (AvgIpc) is 2.61. The summed E-state index contributed by atoms with van der Waals surface area (Å²) < 4.78 is 14.6. The Morgan fingerprint density at radius 1 is 1.48 bits per heavy atom. The van der Waals surface area contributed by atoms with Gasteiger partial charge in [-0.1, -0.05) is 42.8 Å². The molecule has 5 heteroatoms. The third-order valence-electron chi connectivity index (χ3n) is 4.45. The molecule has 1 aliphatic carbocycles. The van der Waals surface area contributed by atoms with Crippen LogP contribution in [0.4, 0.5) is 4.39 Å². The molecule has 2 rings (SSSR count). The second-order valence-electron chi connectivity index (χ2n) is 6.06. The first-order chi connectivity index (χ1) is 12.0. The molecule has 0 aromatic carbocycles. The van der Waals surface area contributed by atoms with Crippen LogP contribution in [0.15, 0.2) is 69.2 Å². The van der Waals surface area contributed by atoms with Gasteiger partial charge in [0.25, 0.3) is 0 Å². The zero-order chi connectivity index (χ0) is 18.4. The maximum absolute atomic E-state index is 14.6. The van der Waals surface area contributed by atoms with Gasteiger partial charge in [-0.2, -0.15) is 5.10 Å². The predicted octanol–water partition coefficient (Wildman–Crippen LogP) is 5.68. The molecule has 0 aromatic rings. The molecule has 25 heavy (non-hydrogen) atoms. The standard InChI is InChI=1S/C20H25ClFN3/c1-5-8-14-11-15(18(22)13-19(14)23-4)12-17(7-3)25-16(6-2)9-10-20(21)24-25/h5-6,8-11,17,19H,4,7,12-13H2,1-3H3/b8-5-,16-6-. The highest BCUT2D eigenvalue weighted by molar-refractivity contribution is 6.68. The second kappa shape index (κ2) is 8.95. The summed E-state index contributed by atoms with van der Waals surface area (Å²) in [4.78, 5) is 4.05. The first-order valence-electron chi connectivity index (χ1n) is 8.59. The molecule has 0 saturated heterocycles. The molecule has 2 unspecified atom stereocenters. The van der Waals surface area contributed by atoms with Gasteiger partial charge in [0.15, 0.2) is 0 Å². The molecule has 0 fully saturated rings. The Labute approximate surface area is 154 Å². The number of aliphatic imine (C=N–C) groups is 1. The van der Waals surface area contributed by atoms with Gasteiger partial charge in [0.05, 0.1) is 17.8 Å². The highest BCUT2D eigenvalue weighted by Gasteiger charge is 2.26. The average molecular weight is 362 g/mol. The summed E-state index contributed by atoms with van der Waals surface area (Å²) >= 11 is 6.08. The maximum Gasteiger partial charge on any atom is 0.149 e. The van der Waals surface area contributed by atoms with E-state index >= 15 is 0 Å². The smallest absolute Gasteiger partial charge is 0.149 e. The van der Waals surface area contributed by atoms with Crippen molar-refractivity contribution in [2.75, 3.05) is 0 Å². The number of hydrogen-bond acceptors (Lipinski definition) is 3. The largest absolute Gasteiger partial charge is 0.292 e. The Balaban J connectivity index is 2.29. The van der Waals surface area contributed by atoms with Crippen LogP contribution in [-0.2, 0) is 0 Å². The van der Waals surface area contributed by atoms with E-state index < -0.39 is 0 Å². The molecule has 0 N–H and O–H groups in total. The quantitative estimate of drug-likeness (QED) is 0.559. The van der Waals surface area contributed by atoms with Crippen LogP contribution in [0.5, 0.6) is 0 Å². The molecule has 134 valence electrons. The van der Waals surface area contributed by atoms with Gasteiger partial charge >= 0.3 is 0 Å². The summed E-state index contributed by atoms with van der Waals surface area (Å²) in [7, 11) is 0. The van der Waals surface area contributed by atoms with E-state index in [0.29, 0.717) is 17.2 Å². The van der Waals surface area contributed by atoms with E-state index in [4.69, 9.17) is 11.6 Å². The van der Waals surface area contributed by atoms with Gasteiger partial charge in [0.2, 0.25) is 0 Å². The van der Waals surface area contributed by atoms with Gasteiger partial charge in [0.1, 0.15) is 11.0 Å². The van der Waals surface area contributed by atoms with E-state index in [0.717, 1.165) is 17.7 Å². The molecule has 0 bridgehead atoms. The Kier molecular flexibility index (Phi) is 6.94. The number of nitrogens with zero attached hydrogens (tertiary/aromatic N) is 3. The monoisotopic (exact) mass is 361 g/mol. The molecule has 2 atom stereocenters. The minimum absolute atomic E-state index is 0.0296. The van der Waals surface area contributed by atoms with Crippen molar-refractivity contribution in [2.45, 2.75) is 52.1 Å². The lowest BCUT2D eigenvalue weighted by Gasteiger charge is -2.32. The molecule has 0 saturated carbocycles. The molecule has 0 amide bonds. The van der Waals surface area contributed by atoms with Crippen molar-refractivity contribution in [2.24, 2.45) is 10.1 Å². The lowest BCUT2D eigenvalue weighted by Crippen LogP contribution is -2.32. The van der Waals surface area contributed by atoms with Crippen molar-refractivity contribution in [1.29, 1.82) is 0 Å². The lowest BCUT2D eigenvalue weighted by molar-refractivity contribution is 0.259. The molecule has 3 nitrogen and oxygen atoms in total. The van der Waals surface area contributed by atoms with Crippen LogP contribution in [0.1, 0.15) is 40.0 Å². The van der Waals surface area contributed by atoms with Gasteiger partial charge < -0.3 is 0 Å². The van der Waals surface area contributed by atoms with Crippen molar-refractivity contribution in [1.82, 2.24) is 5.01 Å². The molecule has 0 aromatic heterocycles. The van der Waals surface area contributed by atoms with Crippen molar-refractivity contribution >= 4 is 23.5 Å². The van der Waals surface area contributed by atoms with Crippen molar-refractivity contribution < 1.29 is 4.39 Å². The van der Waals surface area contributed by atoms with Gasteiger partial charge in [-0.05, 0) is 56.7 Å². The second-order valence-corrected chi connectivity index (χ2v) is 6.44. The van der Waals surface area contributed by atoms with E-state index in [1.54, 1.807) is 6.08 Å². The van der Waals surface area contributed by atoms with E-state index in [1.807, 2.05) is 49.2 Å². The van der Waals surface area contributed by atoms with Gasteiger partial charge in [-0.15, -0.1) is 0 Å². The summed E-state index contributed by atoms with van der Waals surface area (Å²) in [6.45, 7) is 9.56. The highest BCUT2D eigenvalue weighted by atomic mass is 35.5. The van der Waals surface area contributed by atoms with Crippen molar-refractivity contribution in [3.63, 3.8) is 0 Å². The van der Waals surface area contributed by atoms with Crippen LogP contribution in [0.3, 0.4) is 0 Å². The first kappa shape index (κ1) is 19.4. The fraction of sp³-hybridized carbons (Fsp3) is 0.400. The summed E-state index contributed by atoms with van der Waals surface area (Å²) in [6, 6.07) is -0.182. The van der Waals surface area contributed by atoms with Crippen LogP contribution in [-0.4, -0.2) is 29.0 Å². The van der Waals surface area contributed by atoms with Crippen molar-refractivity contribution in [3.05, 3.63) is 59.1 Å². The first-order valence-corrected chi connectivity index (χ1v) is 8.97. The Hall–Kier alpha value is -1.94.